The minimum absolute atomic E-state index is 0.0880. The van der Waals surface area contributed by atoms with Crippen molar-refractivity contribution >= 4 is 15.6 Å². The SMILES string of the molecule is Cc1cccc(OOP(=O)(OOc2cccc(C)c2C)OP(=O)(OOc2cccc(C)c2C)OOc2cccc(C)c2C)c1C.Oc1cccc(O)c1. The molecule has 0 radical (unpaired) electrons. The van der Waals surface area contributed by atoms with Gasteiger partial charge in [-0.05, 0) is 136 Å². The highest BCUT2D eigenvalue weighted by molar-refractivity contribution is 7.62. The van der Waals surface area contributed by atoms with E-state index < -0.39 is 15.6 Å². The van der Waals surface area contributed by atoms with Gasteiger partial charge in [-0.1, -0.05) is 73.3 Å². The highest BCUT2D eigenvalue weighted by atomic mass is 31.3. The number of rotatable bonds is 14. The molecule has 15 heteroatoms. The zero-order chi connectivity index (χ0) is 38.8. The van der Waals surface area contributed by atoms with E-state index in [1.807, 2.05) is 52.0 Å². The molecule has 0 aromatic heterocycles. The first-order valence-electron chi connectivity index (χ1n) is 16.2. The molecule has 5 aromatic carbocycles. The molecular weight excluding hydrogens is 726 g/mol. The zero-order valence-electron chi connectivity index (χ0n) is 30.5. The summed E-state index contributed by atoms with van der Waals surface area (Å²) in [6.07, 6.45) is 0. The molecule has 0 fully saturated rings. The Balaban J connectivity index is 0.000000692. The highest BCUT2D eigenvalue weighted by Crippen LogP contribution is 2.66. The molecule has 0 heterocycles. The van der Waals surface area contributed by atoms with Crippen molar-refractivity contribution < 1.29 is 61.9 Å². The smallest absolute Gasteiger partial charge is 0.508 e. The number of phosphoric acid groups is 2. The Hall–Kier alpha value is -4.84. The predicted molar refractivity (Wildman–Crippen MR) is 197 cm³/mol. The van der Waals surface area contributed by atoms with Gasteiger partial charge in [0.2, 0.25) is 0 Å². The molecule has 282 valence electrons. The van der Waals surface area contributed by atoms with Crippen molar-refractivity contribution in [2.45, 2.75) is 55.4 Å². The fraction of sp³-hybridized carbons (Fsp3) is 0.211. The van der Waals surface area contributed by atoms with Crippen LogP contribution in [-0.4, -0.2) is 10.2 Å². The van der Waals surface area contributed by atoms with E-state index in [4.69, 9.17) is 52.8 Å². The lowest BCUT2D eigenvalue weighted by Crippen LogP contribution is -2.11. The molecule has 0 amide bonds. The van der Waals surface area contributed by atoms with Crippen LogP contribution in [0, 0.1) is 55.4 Å². The molecule has 0 spiro atoms. The van der Waals surface area contributed by atoms with Gasteiger partial charge in [0.1, 0.15) is 11.5 Å². The van der Waals surface area contributed by atoms with Crippen molar-refractivity contribution in [2.75, 3.05) is 0 Å². The van der Waals surface area contributed by atoms with E-state index in [2.05, 4.69) is 0 Å². The van der Waals surface area contributed by atoms with Crippen molar-refractivity contribution in [1.29, 1.82) is 0 Å². The van der Waals surface area contributed by atoms with Crippen molar-refractivity contribution in [2.24, 2.45) is 0 Å². The lowest BCUT2D eigenvalue weighted by Gasteiger charge is -2.21. The van der Waals surface area contributed by atoms with Crippen LogP contribution in [0.3, 0.4) is 0 Å². The molecule has 0 aliphatic carbocycles. The largest absolute Gasteiger partial charge is 0.556 e. The molecule has 0 saturated carbocycles. The van der Waals surface area contributed by atoms with Crippen LogP contribution in [0.4, 0.5) is 0 Å². The first-order chi connectivity index (χ1) is 25.1. The van der Waals surface area contributed by atoms with Gasteiger partial charge in [0.25, 0.3) is 0 Å². The lowest BCUT2D eigenvalue weighted by atomic mass is 10.1. The van der Waals surface area contributed by atoms with Crippen molar-refractivity contribution in [3.63, 3.8) is 0 Å². The summed E-state index contributed by atoms with van der Waals surface area (Å²) in [5, 5.41) is 17.3. The first kappa shape index (κ1) is 40.9. The number of aromatic hydroxyl groups is 2. The molecule has 0 unspecified atom stereocenters. The Morgan fingerprint density at radius 2 is 0.642 bits per heavy atom. The number of phenolic OH excluding ortho intramolecular Hbond substituents is 2. The monoisotopic (exact) mass is 768 g/mol. The summed E-state index contributed by atoms with van der Waals surface area (Å²) in [6, 6.07) is 26.3. The summed E-state index contributed by atoms with van der Waals surface area (Å²) in [4.78, 5) is 21.4. The first-order valence-corrected chi connectivity index (χ1v) is 19.1. The molecule has 0 aliphatic rings. The van der Waals surface area contributed by atoms with Crippen LogP contribution in [0.25, 0.3) is 0 Å². The number of hydrogen-bond acceptors (Lipinski definition) is 13. The molecule has 0 aliphatic heterocycles. The third kappa shape index (κ3) is 11.6. The van der Waals surface area contributed by atoms with Gasteiger partial charge in [0.05, 0.1) is 0 Å². The Morgan fingerprint density at radius 1 is 0.396 bits per heavy atom. The minimum atomic E-state index is -5.14. The van der Waals surface area contributed by atoms with Gasteiger partial charge in [0, 0.05) is 6.07 Å². The topological polar surface area (TPSA) is 158 Å². The van der Waals surface area contributed by atoms with Gasteiger partial charge in [-0.2, -0.15) is 4.31 Å². The van der Waals surface area contributed by atoms with Crippen LogP contribution >= 0.6 is 15.6 Å². The molecular formula is C38H42O13P2. The summed E-state index contributed by atoms with van der Waals surface area (Å²) in [7, 11) is -10.3. The van der Waals surface area contributed by atoms with Crippen molar-refractivity contribution in [3.8, 4) is 34.5 Å². The van der Waals surface area contributed by atoms with E-state index in [0.717, 1.165) is 22.3 Å². The minimum Gasteiger partial charge on any atom is -0.508 e. The van der Waals surface area contributed by atoms with Gasteiger partial charge in [0.15, 0.2) is 23.0 Å². The quantitative estimate of drug-likeness (QED) is 0.0625. The van der Waals surface area contributed by atoms with Crippen molar-refractivity contribution in [3.05, 3.63) is 142 Å². The van der Waals surface area contributed by atoms with Crippen LogP contribution in [0.1, 0.15) is 44.5 Å². The maximum absolute atomic E-state index is 14.1. The highest BCUT2D eigenvalue weighted by Gasteiger charge is 2.48. The molecule has 13 nitrogen and oxygen atoms in total. The molecule has 5 aromatic rings. The number of phenols is 2. The second-order valence-corrected chi connectivity index (χ2v) is 15.0. The summed E-state index contributed by atoms with van der Waals surface area (Å²) < 4.78 is 54.1. The van der Waals surface area contributed by atoms with Crippen LogP contribution in [-0.2, 0) is 32.1 Å². The van der Waals surface area contributed by atoms with Crippen LogP contribution in [0.15, 0.2) is 97.1 Å². The van der Waals surface area contributed by atoms with Crippen LogP contribution in [0.5, 0.6) is 34.5 Å². The average molecular weight is 769 g/mol. The summed E-state index contributed by atoms with van der Waals surface area (Å²) >= 11 is 0. The van der Waals surface area contributed by atoms with Gasteiger partial charge in [-0.3, -0.25) is 0 Å². The van der Waals surface area contributed by atoms with E-state index in [1.165, 1.54) is 18.2 Å². The maximum atomic E-state index is 14.1. The second-order valence-electron chi connectivity index (χ2n) is 11.9. The van der Waals surface area contributed by atoms with E-state index in [9.17, 15) is 9.13 Å². The fourth-order valence-corrected chi connectivity index (χ4v) is 6.45. The number of aryl methyl sites for hydroxylation is 4. The lowest BCUT2D eigenvalue weighted by molar-refractivity contribution is -0.208. The zero-order valence-corrected chi connectivity index (χ0v) is 32.3. The molecule has 0 bridgehead atoms. The van der Waals surface area contributed by atoms with E-state index in [0.29, 0.717) is 22.3 Å². The van der Waals surface area contributed by atoms with Crippen molar-refractivity contribution in [1.82, 2.24) is 0 Å². The predicted octanol–water partition coefficient (Wildman–Crippen LogP) is 10.8. The molecule has 5 rings (SSSR count). The van der Waals surface area contributed by atoms with Gasteiger partial charge in [-0.15, -0.1) is 0 Å². The standard InChI is InChI=1S/C32H36O11P2.C6H6O2/c1-21-13-9-17-29(25(21)5)35-39-44(33,40-36-30-18-10-14-22(2)26(30)6)43-45(34,41-37-31-19-11-15-23(3)27(31)7)42-38-32-20-12-16-24(4)28(32)8;7-5-2-1-3-6(8)4-5/h9-20H,1-8H3;1-4,7-8H. The van der Waals surface area contributed by atoms with E-state index >= 15 is 0 Å². The van der Waals surface area contributed by atoms with Crippen LogP contribution < -0.4 is 19.6 Å². The molecule has 2 N–H and O–H groups in total. The summed E-state index contributed by atoms with van der Waals surface area (Å²) in [5.74, 6) is 0.913. The Bertz CT molecular complexity index is 1860. The van der Waals surface area contributed by atoms with Gasteiger partial charge in [-0.25, -0.2) is 9.13 Å². The Kier molecular flexibility index (Phi) is 14.1. The summed E-state index contributed by atoms with van der Waals surface area (Å²) in [5.41, 5.74) is 6.14. The fourth-order valence-electron chi connectivity index (χ4n) is 4.30. The normalized spacial score (nSPS) is 11.3. The average Bonchev–Trinajstić information content (AvgIpc) is 3.11. The number of benzene rings is 5. The van der Waals surface area contributed by atoms with Gasteiger partial charge >= 0.3 is 15.6 Å². The van der Waals surface area contributed by atoms with Crippen LogP contribution in [0.2, 0.25) is 0 Å². The third-order valence-corrected chi connectivity index (χ3v) is 10.8. The van der Waals surface area contributed by atoms with E-state index in [-0.39, 0.29) is 34.5 Å². The number of hydrogen-bond donors (Lipinski definition) is 2. The Labute approximate surface area is 308 Å². The van der Waals surface area contributed by atoms with Gasteiger partial charge < -0.3 is 29.8 Å². The molecule has 0 saturated heterocycles. The van der Waals surface area contributed by atoms with E-state index in [1.54, 1.807) is 82.3 Å². The summed E-state index contributed by atoms with van der Waals surface area (Å²) in [6.45, 7) is 14.5. The second kappa shape index (κ2) is 18.3. The molecule has 53 heavy (non-hydrogen) atoms. The third-order valence-electron chi connectivity index (χ3n) is 8.12. The Morgan fingerprint density at radius 3 is 0.868 bits per heavy atom. The maximum Gasteiger partial charge on any atom is 0.556 e. The molecule has 0 atom stereocenters.